The van der Waals surface area contributed by atoms with E-state index in [-0.39, 0.29) is 0 Å². The van der Waals surface area contributed by atoms with Crippen LogP contribution >= 0.6 is 0 Å². The van der Waals surface area contributed by atoms with Gasteiger partial charge >= 0.3 is 0 Å². The number of benzene rings is 1. The molecule has 3 N–H and O–H groups in total. The lowest BCUT2D eigenvalue weighted by molar-refractivity contribution is 0.345. The number of hydrogen-bond acceptors (Lipinski definition) is 3. The number of nitrogens with zero attached hydrogens (tertiary/aromatic N) is 1. The molecule has 20 heavy (non-hydrogen) atoms. The van der Waals surface area contributed by atoms with Crippen molar-refractivity contribution in [3.63, 3.8) is 0 Å². The maximum Gasteiger partial charge on any atom is 0.0951 e. The molecule has 0 atom stereocenters. The molecule has 106 valence electrons. The molecule has 1 aromatic carbocycles. The highest BCUT2D eigenvalue weighted by Gasteiger charge is 2.13. The second-order valence-electron chi connectivity index (χ2n) is 5.82. The van der Waals surface area contributed by atoms with Crippen molar-refractivity contribution in [2.45, 2.75) is 38.5 Å². The number of nitrogen functional groups attached to an aromatic ring is 1. The Kier molecular flexibility index (Phi) is 4.05. The van der Waals surface area contributed by atoms with Crippen molar-refractivity contribution in [3.8, 4) is 0 Å². The largest absolute Gasteiger partial charge is 0.397 e. The number of aromatic nitrogens is 1. The van der Waals surface area contributed by atoms with E-state index in [1.165, 1.54) is 38.5 Å². The zero-order chi connectivity index (χ0) is 13.8. The summed E-state index contributed by atoms with van der Waals surface area (Å²) in [7, 11) is 0. The van der Waals surface area contributed by atoms with Gasteiger partial charge in [-0.2, -0.15) is 0 Å². The van der Waals surface area contributed by atoms with E-state index in [4.69, 9.17) is 5.73 Å². The maximum absolute atomic E-state index is 5.98. The van der Waals surface area contributed by atoms with Crippen LogP contribution in [0.15, 0.2) is 30.5 Å². The summed E-state index contributed by atoms with van der Waals surface area (Å²) in [5.74, 6) is 0.912. The fourth-order valence-electron chi connectivity index (χ4n) is 3.24. The van der Waals surface area contributed by atoms with Crippen molar-refractivity contribution in [3.05, 3.63) is 30.5 Å². The quantitative estimate of drug-likeness (QED) is 0.818. The summed E-state index contributed by atoms with van der Waals surface area (Å²) in [6.07, 6.45) is 10.2. The van der Waals surface area contributed by atoms with Gasteiger partial charge in [0.2, 0.25) is 0 Å². The van der Waals surface area contributed by atoms with Gasteiger partial charge in [0.15, 0.2) is 0 Å². The minimum Gasteiger partial charge on any atom is -0.397 e. The third kappa shape index (κ3) is 2.87. The molecular weight excluding hydrogens is 246 g/mol. The van der Waals surface area contributed by atoms with Crippen LogP contribution in [-0.2, 0) is 0 Å². The predicted molar refractivity (Wildman–Crippen MR) is 85.8 cm³/mol. The van der Waals surface area contributed by atoms with Crippen molar-refractivity contribution in [2.75, 3.05) is 17.6 Å². The molecule has 0 radical (unpaired) electrons. The number of fused-ring (bicyclic) bond motifs is 1. The third-order valence-electron chi connectivity index (χ3n) is 4.40. The molecule has 0 aliphatic heterocycles. The van der Waals surface area contributed by atoms with Gasteiger partial charge in [0.1, 0.15) is 0 Å². The van der Waals surface area contributed by atoms with Crippen molar-refractivity contribution in [1.29, 1.82) is 0 Å². The first kappa shape index (κ1) is 13.2. The van der Waals surface area contributed by atoms with Crippen molar-refractivity contribution in [2.24, 2.45) is 5.92 Å². The normalized spacial score (nSPS) is 16.4. The van der Waals surface area contributed by atoms with Gasteiger partial charge in [0.05, 0.1) is 11.2 Å². The first-order valence-electron chi connectivity index (χ1n) is 7.71. The summed E-state index contributed by atoms with van der Waals surface area (Å²) in [6.45, 7) is 1.04. The van der Waals surface area contributed by atoms with Crippen LogP contribution in [-0.4, -0.2) is 11.5 Å². The molecule has 0 spiro atoms. The monoisotopic (exact) mass is 269 g/mol. The topological polar surface area (TPSA) is 50.9 Å². The van der Waals surface area contributed by atoms with Crippen LogP contribution in [0.3, 0.4) is 0 Å². The Balaban J connectivity index is 1.66. The lowest BCUT2D eigenvalue weighted by Gasteiger charge is -2.21. The molecule has 0 amide bonds. The van der Waals surface area contributed by atoms with Crippen molar-refractivity contribution >= 4 is 22.3 Å². The van der Waals surface area contributed by atoms with Crippen molar-refractivity contribution < 1.29 is 0 Å². The highest BCUT2D eigenvalue weighted by atomic mass is 14.9. The predicted octanol–water partition coefficient (Wildman–Crippen LogP) is 4.20. The molecule has 1 aliphatic rings. The number of nitrogens with two attached hydrogens (primary N) is 1. The molecule has 3 rings (SSSR count). The second-order valence-corrected chi connectivity index (χ2v) is 5.82. The Bertz CT molecular complexity index is 573. The summed E-state index contributed by atoms with van der Waals surface area (Å²) in [4.78, 5) is 4.37. The van der Waals surface area contributed by atoms with E-state index >= 15 is 0 Å². The Hall–Kier alpha value is -1.77. The first-order valence-corrected chi connectivity index (χ1v) is 7.71. The van der Waals surface area contributed by atoms with Gasteiger partial charge in [-0.25, -0.2) is 0 Å². The van der Waals surface area contributed by atoms with Gasteiger partial charge in [0.25, 0.3) is 0 Å². The van der Waals surface area contributed by atoms with Gasteiger partial charge in [-0.15, -0.1) is 0 Å². The van der Waals surface area contributed by atoms with Crippen LogP contribution in [0.1, 0.15) is 38.5 Å². The fourth-order valence-corrected chi connectivity index (χ4v) is 3.24. The molecule has 1 aromatic heterocycles. The highest BCUT2D eigenvalue weighted by Crippen LogP contribution is 2.28. The van der Waals surface area contributed by atoms with E-state index in [1.54, 1.807) is 0 Å². The number of rotatable bonds is 4. The standard InChI is InChI=1S/C17H23N3/c18-15-8-4-7-14-16(10-12-20-17(14)15)19-11-9-13-5-2-1-3-6-13/h4,7-8,10,12-13H,1-3,5-6,9,11,18H2,(H,19,20). The molecule has 0 bridgehead atoms. The highest BCUT2D eigenvalue weighted by molar-refractivity contribution is 5.97. The number of para-hydroxylation sites is 1. The minimum absolute atomic E-state index is 0.749. The average Bonchev–Trinajstić information content (AvgIpc) is 2.49. The van der Waals surface area contributed by atoms with Gasteiger partial charge in [0, 0.05) is 23.8 Å². The zero-order valence-electron chi connectivity index (χ0n) is 11.9. The molecule has 1 saturated carbocycles. The van der Waals surface area contributed by atoms with Gasteiger partial charge < -0.3 is 11.1 Å². The summed E-state index contributed by atoms with van der Waals surface area (Å²) in [6, 6.07) is 8.02. The number of pyridine rings is 1. The maximum atomic E-state index is 5.98. The van der Waals surface area contributed by atoms with Crippen LogP contribution < -0.4 is 11.1 Å². The molecule has 3 heteroatoms. The van der Waals surface area contributed by atoms with Crippen LogP contribution in [0.2, 0.25) is 0 Å². The summed E-state index contributed by atoms with van der Waals surface area (Å²) in [5, 5.41) is 4.69. The number of nitrogens with one attached hydrogen (secondary N) is 1. The second kappa shape index (κ2) is 6.12. The van der Waals surface area contributed by atoms with Crippen molar-refractivity contribution in [1.82, 2.24) is 4.98 Å². The lowest BCUT2D eigenvalue weighted by Crippen LogP contribution is -2.12. The average molecular weight is 269 g/mol. The van der Waals surface area contributed by atoms with Gasteiger partial charge in [-0.3, -0.25) is 4.98 Å². The lowest BCUT2D eigenvalue weighted by atomic mass is 9.87. The van der Waals surface area contributed by atoms with Gasteiger partial charge in [-0.05, 0) is 24.5 Å². The minimum atomic E-state index is 0.749. The Morgan fingerprint density at radius 1 is 1.15 bits per heavy atom. The molecular formula is C17H23N3. The van der Waals surface area contributed by atoms with Crippen LogP contribution in [0.4, 0.5) is 11.4 Å². The molecule has 2 aromatic rings. The van der Waals surface area contributed by atoms with E-state index in [9.17, 15) is 0 Å². The van der Waals surface area contributed by atoms with E-state index in [0.717, 1.165) is 34.7 Å². The first-order chi connectivity index (χ1) is 9.84. The Morgan fingerprint density at radius 3 is 2.85 bits per heavy atom. The Labute approximate surface area is 120 Å². The van der Waals surface area contributed by atoms with Crippen LogP contribution in [0.25, 0.3) is 10.9 Å². The molecule has 1 heterocycles. The zero-order valence-corrected chi connectivity index (χ0v) is 11.9. The molecule has 0 unspecified atom stereocenters. The smallest absolute Gasteiger partial charge is 0.0951 e. The van der Waals surface area contributed by atoms with E-state index in [0.29, 0.717) is 0 Å². The van der Waals surface area contributed by atoms with Crippen LogP contribution in [0.5, 0.6) is 0 Å². The molecule has 3 nitrogen and oxygen atoms in total. The summed E-state index contributed by atoms with van der Waals surface area (Å²) in [5.41, 5.74) is 8.78. The summed E-state index contributed by atoms with van der Waals surface area (Å²) < 4.78 is 0. The SMILES string of the molecule is Nc1cccc2c(NCCC3CCCCC3)ccnc12. The number of hydrogen-bond donors (Lipinski definition) is 2. The van der Waals surface area contributed by atoms with E-state index < -0.39 is 0 Å². The van der Waals surface area contributed by atoms with Crippen LogP contribution in [0, 0.1) is 5.92 Å². The third-order valence-corrected chi connectivity index (χ3v) is 4.40. The van der Waals surface area contributed by atoms with Gasteiger partial charge in [-0.1, -0.05) is 44.2 Å². The molecule has 1 fully saturated rings. The molecule has 1 aliphatic carbocycles. The number of anilines is 2. The Morgan fingerprint density at radius 2 is 2.00 bits per heavy atom. The van der Waals surface area contributed by atoms with E-state index in [2.05, 4.69) is 16.4 Å². The summed E-state index contributed by atoms with van der Waals surface area (Å²) >= 11 is 0. The fraction of sp³-hybridized carbons (Fsp3) is 0.471. The van der Waals surface area contributed by atoms with E-state index in [1.807, 2.05) is 24.4 Å². The molecule has 0 saturated heterocycles.